The summed E-state index contributed by atoms with van der Waals surface area (Å²) in [6, 6.07) is 0. The van der Waals surface area contributed by atoms with Gasteiger partial charge in [0.1, 0.15) is 0 Å². The van der Waals surface area contributed by atoms with E-state index in [2.05, 4.69) is 27.7 Å². The Morgan fingerprint density at radius 3 is 2.33 bits per heavy atom. The maximum Gasteiger partial charge on any atom is 0.331 e. The molecule has 0 aromatic rings. The minimum absolute atomic E-state index is 0.144. The molecule has 0 N–H and O–H groups in total. The first-order valence-corrected chi connectivity index (χ1v) is 7.66. The lowest BCUT2D eigenvalue weighted by atomic mass is 9.57. The van der Waals surface area contributed by atoms with Crippen LogP contribution in [0, 0.1) is 10.8 Å². The van der Waals surface area contributed by atoms with E-state index in [1.54, 1.807) is 6.08 Å². The maximum atomic E-state index is 11.6. The van der Waals surface area contributed by atoms with Gasteiger partial charge in [-0.05, 0) is 30.6 Å². The van der Waals surface area contributed by atoms with Crippen LogP contribution in [0.25, 0.3) is 0 Å². The van der Waals surface area contributed by atoms with Gasteiger partial charge in [-0.2, -0.15) is 0 Å². The van der Waals surface area contributed by atoms with Gasteiger partial charge < -0.3 is 4.74 Å². The lowest BCUT2D eigenvalue weighted by Crippen LogP contribution is -2.47. The quantitative estimate of drug-likeness (QED) is 0.427. The fourth-order valence-corrected chi connectivity index (χ4v) is 5.55. The van der Waals surface area contributed by atoms with Crippen molar-refractivity contribution in [2.75, 3.05) is 6.61 Å². The van der Waals surface area contributed by atoms with Gasteiger partial charge in [0.05, 0.1) is 11.4 Å². The van der Waals surface area contributed by atoms with Gasteiger partial charge in [0.25, 0.3) is 0 Å². The molecule has 1 aliphatic heterocycles. The van der Waals surface area contributed by atoms with Crippen LogP contribution in [0.4, 0.5) is 0 Å². The number of hydrogen-bond acceptors (Lipinski definition) is 3. The first-order chi connectivity index (χ1) is 8.27. The van der Waals surface area contributed by atoms with Crippen molar-refractivity contribution in [3.63, 3.8) is 0 Å². The summed E-state index contributed by atoms with van der Waals surface area (Å²) < 4.78 is 5.18. The molecule has 0 radical (unpaired) electrons. The van der Waals surface area contributed by atoms with Crippen molar-refractivity contribution in [3.8, 4) is 0 Å². The summed E-state index contributed by atoms with van der Waals surface area (Å²) >= 11 is 1.89. The Morgan fingerprint density at radius 2 is 1.83 bits per heavy atom. The van der Waals surface area contributed by atoms with Crippen LogP contribution in [0.5, 0.6) is 0 Å². The van der Waals surface area contributed by atoms with Gasteiger partial charge >= 0.3 is 5.97 Å². The fraction of sp³-hybridized carbons (Fsp3) is 0.800. The SMILES string of the molecule is CCOC(=O)/C=C1\SC12C(C)(C)CCCC2(C)C. The molecule has 0 aromatic carbocycles. The van der Waals surface area contributed by atoms with Crippen LogP contribution < -0.4 is 0 Å². The highest BCUT2D eigenvalue weighted by Crippen LogP contribution is 2.77. The smallest absolute Gasteiger partial charge is 0.331 e. The zero-order chi connectivity index (χ0) is 13.6. The number of carbonyl (C=O) groups excluding carboxylic acids is 1. The third kappa shape index (κ3) is 1.91. The summed E-state index contributed by atoms with van der Waals surface area (Å²) in [6.45, 7) is 11.7. The van der Waals surface area contributed by atoms with E-state index in [9.17, 15) is 4.79 Å². The molecule has 102 valence electrons. The molecule has 0 bridgehead atoms. The first-order valence-electron chi connectivity index (χ1n) is 6.85. The molecule has 0 aromatic heterocycles. The number of esters is 1. The van der Waals surface area contributed by atoms with Crippen molar-refractivity contribution >= 4 is 17.7 Å². The molecule has 2 rings (SSSR count). The zero-order valence-electron chi connectivity index (χ0n) is 12.1. The maximum absolute atomic E-state index is 11.6. The molecule has 0 unspecified atom stereocenters. The monoisotopic (exact) mass is 268 g/mol. The van der Waals surface area contributed by atoms with Gasteiger partial charge in [-0.15, -0.1) is 11.8 Å². The summed E-state index contributed by atoms with van der Waals surface area (Å²) in [5.41, 5.74) is 0.523. The predicted molar refractivity (Wildman–Crippen MR) is 76.5 cm³/mol. The van der Waals surface area contributed by atoms with Gasteiger partial charge in [-0.3, -0.25) is 0 Å². The molecule has 2 nitrogen and oxygen atoms in total. The highest BCUT2D eigenvalue weighted by atomic mass is 32.2. The van der Waals surface area contributed by atoms with E-state index >= 15 is 0 Å². The standard InChI is InChI=1S/C15H24O2S/c1-6-17-12(16)10-11-15(18-11)13(2,3)8-7-9-14(15,4)5/h10H,6-9H2,1-5H3/b11-10-. The van der Waals surface area contributed by atoms with E-state index in [1.807, 2.05) is 18.7 Å². The average molecular weight is 268 g/mol. The van der Waals surface area contributed by atoms with Crippen LogP contribution in [0.1, 0.15) is 53.9 Å². The van der Waals surface area contributed by atoms with Crippen molar-refractivity contribution in [1.29, 1.82) is 0 Å². The normalized spacial score (nSPS) is 29.3. The fourth-order valence-electron chi connectivity index (χ4n) is 3.75. The predicted octanol–water partition coefficient (Wildman–Crippen LogP) is 4.16. The van der Waals surface area contributed by atoms with Crippen LogP contribution in [-0.2, 0) is 9.53 Å². The number of carbonyl (C=O) groups is 1. The lowest BCUT2D eigenvalue weighted by molar-refractivity contribution is -0.137. The van der Waals surface area contributed by atoms with E-state index in [-0.39, 0.29) is 21.5 Å². The highest BCUT2D eigenvalue weighted by Gasteiger charge is 2.69. The molecule has 3 heteroatoms. The van der Waals surface area contributed by atoms with E-state index in [0.717, 1.165) is 0 Å². The Kier molecular flexibility index (Phi) is 3.33. The summed E-state index contributed by atoms with van der Waals surface area (Å²) in [7, 11) is 0. The van der Waals surface area contributed by atoms with Crippen molar-refractivity contribution < 1.29 is 9.53 Å². The minimum atomic E-state index is -0.186. The second-order valence-corrected chi connectivity index (χ2v) is 7.92. The summed E-state index contributed by atoms with van der Waals surface area (Å²) in [6.07, 6.45) is 5.49. The minimum Gasteiger partial charge on any atom is -0.463 e. The lowest BCUT2D eigenvalue weighted by Gasteiger charge is -2.48. The summed E-state index contributed by atoms with van der Waals surface area (Å²) in [4.78, 5) is 12.9. The number of hydrogen-bond donors (Lipinski definition) is 0. The molecule has 1 heterocycles. The van der Waals surface area contributed by atoms with Gasteiger partial charge in [0, 0.05) is 11.0 Å². The zero-order valence-corrected chi connectivity index (χ0v) is 12.9. The third-order valence-corrected chi connectivity index (χ3v) is 6.68. The van der Waals surface area contributed by atoms with E-state index in [0.29, 0.717) is 6.61 Å². The molecular weight excluding hydrogens is 244 g/mol. The summed E-state index contributed by atoms with van der Waals surface area (Å²) in [5, 5.41) is 0. The second-order valence-electron chi connectivity index (χ2n) is 6.67. The third-order valence-electron chi connectivity index (χ3n) is 4.61. The van der Waals surface area contributed by atoms with Crippen LogP contribution >= 0.6 is 11.8 Å². The highest BCUT2D eigenvalue weighted by molar-refractivity contribution is 8.13. The molecule has 1 saturated carbocycles. The first kappa shape index (κ1) is 14.0. The van der Waals surface area contributed by atoms with Crippen molar-refractivity contribution in [2.24, 2.45) is 10.8 Å². The van der Waals surface area contributed by atoms with E-state index < -0.39 is 0 Å². The molecule has 1 saturated heterocycles. The number of ether oxygens (including phenoxy) is 1. The van der Waals surface area contributed by atoms with Crippen LogP contribution in [-0.4, -0.2) is 17.3 Å². The van der Waals surface area contributed by atoms with Gasteiger partial charge in [0.15, 0.2) is 0 Å². The Morgan fingerprint density at radius 1 is 1.28 bits per heavy atom. The number of thioether (sulfide) groups is 1. The molecule has 2 aliphatic rings. The van der Waals surface area contributed by atoms with Crippen LogP contribution in [0.15, 0.2) is 11.0 Å². The van der Waals surface area contributed by atoms with Crippen LogP contribution in [0.3, 0.4) is 0 Å². The molecule has 2 fully saturated rings. The van der Waals surface area contributed by atoms with Crippen molar-refractivity contribution in [3.05, 3.63) is 11.0 Å². The summed E-state index contributed by atoms with van der Waals surface area (Å²) in [5.74, 6) is -0.186. The molecule has 0 amide bonds. The van der Waals surface area contributed by atoms with Gasteiger partial charge in [-0.1, -0.05) is 34.1 Å². The van der Waals surface area contributed by atoms with Crippen molar-refractivity contribution in [2.45, 2.75) is 58.6 Å². The molecule has 18 heavy (non-hydrogen) atoms. The van der Waals surface area contributed by atoms with E-state index in [1.165, 1.54) is 24.2 Å². The van der Waals surface area contributed by atoms with Gasteiger partial charge in [-0.25, -0.2) is 4.79 Å². The Labute approximate surface area is 115 Å². The number of rotatable bonds is 2. The van der Waals surface area contributed by atoms with E-state index in [4.69, 9.17) is 4.74 Å². The van der Waals surface area contributed by atoms with Gasteiger partial charge in [0.2, 0.25) is 0 Å². The van der Waals surface area contributed by atoms with Crippen molar-refractivity contribution in [1.82, 2.24) is 0 Å². The second kappa shape index (κ2) is 4.29. The Balaban J connectivity index is 2.28. The Bertz CT molecular complexity index is 377. The topological polar surface area (TPSA) is 26.3 Å². The largest absolute Gasteiger partial charge is 0.463 e. The average Bonchev–Trinajstić information content (AvgIpc) is 2.92. The Hall–Kier alpha value is -0.440. The molecule has 0 atom stereocenters. The molecular formula is C15H24O2S. The molecule has 1 spiro atoms. The molecule has 1 aliphatic carbocycles. The van der Waals surface area contributed by atoms with Crippen LogP contribution in [0.2, 0.25) is 0 Å².